The lowest BCUT2D eigenvalue weighted by Gasteiger charge is -2.36. The molecule has 1 N–H and O–H groups in total. The van der Waals surface area contributed by atoms with Crippen molar-refractivity contribution in [2.45, 2.75) is 37.9 Å². The highest BCUT2D eigenvalue weighted by molar-refractivity contribution is 6.36. The number of carbonyl (C=O) groups excluding carboxylic acids is 2. The molecule has 2 fully saturated rings. The van der Waals surface area contributed by atoms with Gasteiger partial charge in [0.15, 0.2) is 0 Å². The molecule has 2 saturated heterocycles. The number of nitrogens with one attached hydrogen (secondary N) is 1. The minimum Gasteiger partial charge on any atom is -0.341 e. The van der Waals surface area contributed by atoms with Crippen molar-refractivity contribution in [3.05, 3.63) is 57.6 Å². The Kier molecular flexibility index (Phi) is 7.52. The van der Waals surface area contributed by atoms with Crippen molar-refractivity contribution >= 4 is 35.1 Å². The van der Waals surface area contributed by atoms with Gasteiger partial charge in [0.1, 0.15) is 0 Å². The van der Waals surface area contributed by atoms with Crippen LogP contribution < -0.4 is 5.32 Å². The fourth-order valence-corrected chi connectivity index (χ4v) is 5.68. The third kappa shape index (κ3) is 5.38. The summed E-state index contributed by atoms with van der Waals surface area (Å²) in [5.74, 6) is -0.266. The average molecular weight is 528 g/mol. The van der Waals surface area contributed by atoms with Crippen molar-refractivity contribution < 1.29 is 22.8 Å². The topological polar surface area (TPSA) is 52.7 Å². The van der Waals surface area contributed by atoms with Gasteiger partial charge in [-0.1, -0.05) is 41.4 Å². The number of halogens is 5. The quantitative estimate of drug-likeness (QED) is 0.540. The Balaban J connectivity index is 1.47. The van der Waals surface area contributed by atoms with Gasteiger partial charge in [-0.3, -0.25) is 4.79 Å². The number of rotatable bonds is 4. The summed E-state index contributed by atoms with van der Waals surface area (Å²) in [5.41, 5.74) is 0.0839. The van der Waals surface area contributed by atoms with E-state index in [-0.39, 0.29) is 45.1 Å². The molecule has 10 heteroatoms. The summed E-state index contributed by atoms with van der Waals surface area (Å²) in [5, 5.41) is 3.11. The normalized spacial score (nSPS) is 19.4. The lowest BCUT2D eigenvalue weighted by molar-refractivity contribution is -0.137. The smallest absolute Gasteiger partial charge is 0.341 e. The van der Waals surface area contributed by atoms with E-state index in [1.807, 2.05) is 4.90 Å². The van der Waals surface area contributed by atoms with Crippen molar-refractivity contribution in [2.75, 3.05) is 26.7 Å². The molecule has 35 heavy (non-hydrogen) atoms. The van der Waals surface area contributed by atoms with Crippen molar-refractivity contribution in [1.82, 2.24) is 15.1 Å². The Bertz CT molecular complexity index is 1090. The van der Waals surface area contributed by atoms with E-state index in [4.69, 9.17) is 23.2 Å². The molecule has 4 rings (SSSR count). The van der Waals surface area contributed by atoms with Crippen LogP contribution in [0.15, 0.2) is 36.4 Å². The van der Waals surface area contributed by atoms with Gasteiger partial charge in [0.2, 0.25) is 5.91 Å². The Labute approximate surface area is 212 Å². The van der Waals surface area contributed by atoms with Crippen LogP contribution in [0.1, 0.15) is 30.4 Å². The summed E-state index contributed by atoms with van der Waals surface area (Å²) >= 11 is 13.0. The number of likely N-dealkylation sites (tertiary alicyclic amines) is 2. The van der Waals surface area contributed by atoms with E-state index in [1.54, 1.807) is 11.9 Å². The maximum absolute atomic E-state index is 13.5. The fraction of sp³-hybridized carbons (Fsp3) is 0.440. The highest BCUT2D eigenvalue weighted by Crippen LogP contribution is 2.40. The third-order valence-corrected chi connectivity index (χ3v) is 7.57. The second kappa shape index (κ2) is 10.3. The standard InChI is InChI=1S/C25H26Cl2F3N3O2/c1-31-24(35)32-9-7-17(8-10-32)33-11-6-15(23(33)34)12-19-21(26)13-16(14-22(19)27)18-4-2-3-5-20(18)25(28,29)30/h2-5,13-15,17H,6-12H2,1H3,(H,31,35)/t15-/m0/s1. The summed E-state index contributed by atoms with van der Waals surface area (Å²) in [6, 6.07) is 8.22. The summed E-state index contributed by atoms with van der Waals surface area (Å²) in [6.07, 6.45) is -2.09. The number of urea groups is 1. The number of benzene rings is 2. The number of nitrogens with zero attached hydrogens (tertiary/aromatic N) is 2. The maximum Gasteiger partial charge on any atom is 0.417 e. The highest BCUT2D eigenvalue weighted by atomic mass is 35.5. The molecular weight excluding hydrogens is 502 g/mol. The lowest BCUT2D eigenvalue weighted by Crippen LogP contribution is -2.49. The molecule has 0 aliphatic carbocycles. The fourth-order valence-electron chi connectivity index (χ4n) is 5.04. The lowest BCUT2D eigenvalue weighted by atomic mass is 9.94. The Morgan fingerprint density at radius 3 is 2.29 bits per heavy atom. The molecule has 2 heterocycles. The third-order valence-electron chi connectivity index (χ3n) is 6.89. The SMILES string of the molecule is CNC(=O)N1CCC(N2CC[C@@H](Cc3c(Cl)cc(-c4ccccc4C(F)(F)F)cc3Cl)C2=O)CC1. The molecule has 0 spiro atoms. The maximum atomic E-state index is 13.5. The number of piperidine rings is 1. The van der Waals surface area contributed by atoms with E-state index in [2.05, 4.69) is 5.32 Å². The van der Waals surface area contributed by atoms with Crippen molar-refractivity contribution in [1.29, 1.82) is 0 Å². The first-order valence-electron chi connectivity index (χ1n) is 11.5. The molecule has 3 amide bonds. The van der Waals surface area contributed by atoms with Gasteiger partial charge >= 0.3 is 12.2 Å². The summed E-state index contributed by atoms with van der Waals surface area (Å²) in [4.78, 5) is 28.6. The van der Waals surface area contributed by atoms with Crippen LogP contribution in [0.4, 0.5) is 18.0 Å². The number of hydrogen-bond acceptors (Lipinski definition) is 2. The molecule has 0 unspecified atom stereocenters. The molecule has 2 aromatic carbocycles. The highest BCUT2D eigenvalue weighted by Gasteiger charge is 2.38. The molecule has 0 aromatic heterocycles. The molecule has 0 radical (unpaired) electrons. The van der Waals surface area contributed by atoms with Gasteiger partial charge in [-0.05, 0) is 60.6 Å². The second-order valence-electron chi connectivity index (χ2n) is 8.96. The van der Waals surface area contributed by atoms with Crippen molar-refractivity contribution in [2.24, 2.45) is 5.92 Å². The summed E-state index contributed by atoms with van der Waals surface area (Å²) in [7, 11) is 1.60. The van der Waals surface area contributed by atoms with Gasteiger partial charge in [0.05, 0.1) is 5.56 Å². The molecule has 2 aliphatic heterocycles. The molecule has 2 aliphatic rings. The van der Waals surface area contributed by atoms with Crippen LogP contribution in [-0.2, 0) is 17.4 Å². The molecule has 188 valence electrons. The van der Waals surface area contributed by atoms with Gasteiger partial charge in [0, 0.05) is 48.7 Å². The summed E-state index contributed by atoms with van der Waals surface area (Å²) in [6.45, 7) is 1.81. The van der Waals surface area contributed by atoms with Crippen molar-refractivity contribution in [3.63, 3.8) is 0 Å². The first kappa shape index (κ1) is 25.6. The van der Waals surface area contributed by atoms with E-state index in [1.165, 1.54) is 30.3 Å². The van der Waals surface area contributed by atoms with Gasteiger partial charge in [-0.25, -0.2) is 4.79 Å². The largest absolute Gasteiger partial charge is 0.417 e. The molecular formula is C25H26Cl2F3N3O2. The van der Waals surface area contributed by atoms with Crippen molar-refractivity contribution in [3.8, 4) is 11.1 Å². The predicted molar refractivity (Wildman–Crippen MR) is 129 cm³/mol. The molecule has 2 aromatic rings. The Hall–Kier alpha value is -2.45. The Morgan fingerprint density at radius 1 is 1.06 bits per heavy atom. The first-order chi connectivity index (χ1) is 16.6. The van der Waals surface area contributed by atoms with Crippen LogP contribution >= 0.6 is 23.2 Å². The predicted octanol–water partition coefficient (Wildman–Crippen LogP) is 5.87. The van der Waals surface area contributed by atoms with E-state index in [9.17, 15) is 22.8 Å². The average Bonchev–Trinajstić information content (AvgIpc) is 3.20. The van der Waals surface area contributed by atoms with Crippen LogP contribution in [0.25, 0.3) is 11.1 Å². The number of alkyl halides is 3. The number of carbonyl (C=O) groups is 2. The molecule has 0 bridgehead atoms. The van der Waals surface area contributed by atoms with Crippen LogP contribution in [-0.4, -0.2) is 54.5 Å². The first-order valence-corrected chi connectivity index (χ1v) is 12.3. The van der Waals surface area contributed by atoms with Gasteiger partial charge in [-0.15, -0.1) is 0 Å². The van der Waals surface area contributed by atoms with E-state index in [0.29, 0.717) is 38.0 Å². The summed E-state index contributed by atoms with van der Waals surface area (Å²) < 4.78 is 40.4. The minimum atomic E-state index is -4.51. The molecule has 5 nitrogen and oxygen atoms in total. The molecule has 0 saturated carbocycles. The van der Waals surface area contributed by atoms with Gasteiger partial charge in [-0.2, -0.15) is 13.2 Å². The van der Waals surface area contributed by atoms with E-state index >= 15 is 0 Å². The van der Waals surface area contributed by atoms with Crippen LogP contribution in [0, 0.1) is 5.92 Å². The number of hydrogen-bond donors (Lipinski definition) is 1. The van der Waals surface area contributed by atoms with Gasteiger partial charge in [0.25, 0.3) is 0 Å². The van der Waals surface area contributed by atoms with Crippen LogP contribution in [0.2, 0.25) is 10.0 Å². The van der Waals surface area contributed by atoms with E-state index < -0.39 is 11.7 Å². The zero-order valence-electron chi connectivity index (χ0n) is 19.2. The zero-order valence-corrected chi connectivity index (χ0v) is 20.7. The van der Waals surface area contributed by atoms with Crippen LogP contribution in [0.5, 0.6) is 0 Å². The van der Waals surface area contributed by atoms with E-state index in [0.717, 1.165) is 18.9 Å². The van der Waals surface area contributed by atoms with Crippen LogP contribution in [0.3, 0.4) is 0 Å². The zero-order chi connectivity index (χ0) is 25.3. The minimum absolute atomic E-state index is 0.00145. The Morgan fingerprint density at radius 2 is 1.69 bits per heavy atom. The monoisotopic (exact) mass is 527 g/mol. The van der Waals surface area contributed by atoms with Gasteiger partial charge < -0.3 is 15.1 Å². The second-order valence-corrected chi connectivity index (χ2v) is 9.77. The molecule has 1 atom stereocenters. The number of amides is 3.